The van der Waals surface area contributed by atoms with Gasteiger partial charge in [-0.2, -0.15) is 0 Å². The molecule has 0 saturated heterocycles. The number of benzene rings is 1. The number of likely N-dealkylation sites (N-methyl/N-ethyl adjacent to an activating group) is 1. The number of rotatable bonds is 5. The Morgan fingerprint density at radius 1 is 1.45 bits per heavy atom. The maximum Gasteiger partial charge on any atom is 0.0923 e. The zero-order valence-electron chi connectivity index (χ0n) is 12.9. The molecule has 0 radical (unpaired) electrons. The van der Waals surface area contributed by atoms with Gasteiger partial charge in [0.25, 0.3) is 0 Å². The standard InChI is InChI=1S/C18H22N4/c1-13-7-14(8-13)10-20-11-15(9-19)18-12-21-16-5-3-4-6-17(16)22(18)2/h3-6,9,11-12,14,18-20H,1,7-8,10H2,2H3/b15-11+,19-9?. The van der Waals surface area contributed by atoms with Gasteiger partial charge in [-0.05, 0) is 30.9 Å². The fraction of sp³-hybridized carbons (Fsp3) is 0.333. The Labute approximate surface area is 131 Å². The highest BCUT2D eigenvalue weighted by atomic mass is 15.2. The molecule has 3 rings (SSSR count). The molecule has 1 fully saturated rings. The summed E-state index contributed by atoms with van der Waals surface area (Å²) in [5.74, 6) is 0.689. The monoisotopic (exact) mass is 294 g/mol. The van der Waals surface area contributed by atoms with Crippen LogP contribution in [-0.2, 0) is 0 Å². The van der Waals surface area contributed by atoms with E-state index in [1.807, 2.05) is 37.7 Å². The maximum atomic E-state index is 7.71. The van der Waals surface area contributed by atoms with Gasteiger partial charge in [-0.25, -0.2) is 0 Å². The van der Waals surface area contributed by atoms with Crippen LogP contribution in [0.4, 0.5) is 11.4 Å². The number of aliphatic imine (C=N–C) groups is 1. The van der Waals surface area contributed by atoms with E-state index in [2.05, 4.69) is 27.9 Å². The van der Waals surface area contributed by atoms with Crippen LogP contribution in [0.2, 0.25) is 0 Å². The predicted molar refractivity (Wildman–Crippen MR) is 93.5 cm³/mol. The highest BCUT2D eigenvalue weighted by Gasteiger charge is 2.23. The van der Waals surface area contributed by atoms with Crippen LogP contribution in [0.15, 0.2) is 53.2 Å². The van der Waals surface area contributed by atoms with Gasteiger partial charge in [-0.15, -0.1) is 0 Å². The summed E-state index contributed by atoms with van der Waals surface area (Å²) in [4.78, 5) is 6.68. The average molecular weight is 294 g/mol. The van der Waals surface area contributed by atoms with Gasteiger partial charge in [0.15, 0.2) is 0 Å². The summed E-state index contributed by atoms with van der Waals surface area (Å²) in [5.41, 5.74) is 4.34. The molecule has 4 heteroatoms. The number of allylic oxidation sites excluding steroid dienone is 1. The molecule has 0 aromatic heterocycles. The third-order valence-corrected chi connectivity index (χ3v) is 4.37. The van der Waals surface area contributed by atoms with Gasteiger partial charge in [0.05, 0.1) is 17.4 Å². The molecule has 0 bridgehead atoms. The van der Waals surface area contributed by atoms with Crippen molar-refractivity contribution in [2.75, 3.05) is 18.5 Å². The second kappa shape index (κ2) is 6.18. The first-order valence-electron chi connectivity index (χ1n) is 7.65. The number of nitrogens with zero attached hydrogens (tertiary/aromatic N) is 2. The van der Waals surface area contributed by atoms with E-state index in [0.717, 1.165) is 36.3 Å². The van der Waals surface area contributed by atoms with Gasteiger partial charge in [-0.1, -0.05) is 24.3 Å². The molecule has 0 spiro atoms. The summed E-state index contributed by atoms with van der Waals surface area (Å²) < 4.78 is 0. The molecule has 1 aliphatic heterocycles. The largest absolute Gasteiger partial charge is 0.390 e. The molecule has 1 aliphatic carbocycles. The van der Waals surface area contributed by atoms with Crippen molar-refractivity contribution in [1.82, 2.24) is 5.32 Å². The first-order chi connectivity index (χ1) is 10.7. The van der Waals surface area contributed by atoms with E-state index >= 15 is 0 Å². The summed E-state index contributed by atoms with van der Waals surface area (Å²) in [6.07, 6.45) is 7.52. The minimum absolute atomic E-state index is 0.00347. The van der Waals surface area contributed by atoms with Gasteiger partial charge in [0, 0.05) is 37.8 Å². The molecule has 1 heterocycles. The Kier molecular flexibility index (Phi) is 4.09. The topological polar surface area (TPSA) is 51.5 Å². The zero-order valence-corrected chi connectivity index (χ0v) is 12.9. The van der Waals surface area contributed by atoms with Gasteiger partial charge in [-0.3, -0.25) is 4.99 Å². The molecule has 4 nitrogen and oxygen atoms in total. The highest BCUT2D eigenvalue weighted by Crippen LogP contribution is 2.33. The average Bonchev–Trinajstić information content (AvgIpc) is 2.51. The van der Waals surface area contributed by atoms with Crippen molar-refractivity contribution in [3.05, 3.63) is 48.2 Å². The second-order valence-corrected chi connectivity index (χ2v) is 6.04. The van der Waals surface area contributed by atoms with Crippen LogP contribution in [0.5, 0.6) is 0 Å². The lowest BCUT2D eigenvalue weighted by Crippen LogP contribution is -2.38. The molecule has 2 aliphatic rings. The van der Waals surface area contributed by atoms with Crippen molar-refractivity contribution in [2.24, 2.45) is 10.9 Å². The van der Waals surface area contributed by atoms with Crippen LogP contribution < -0.4 is 10.2 Å². The van der Waals surface area contributed by atoms with E-state index in [0.29, 0.717) is 5.92 Å². The minimum atomic E-state index is -0.00347. The molecule has 1 aromatic carbocycles. The molecular weight excluding hydrogens is 272 g/mol. The molecule has 0 amide bonds. The quantitative estimate of drug-likeness (QED) is 0.646. The van der Waals surface area contributed by atoms with E-state index in [9.17, 15) is 0 Å². The highest BCUT2D eigenvalue weighted by molar-refractivity contribution is 5.94. The summed E-state index contributed by atoms with van der Waals surface area (Å²) in [7, 11) is 2.04. The Balaban J connectivity index is 1.69. The van der Waals surface area contributed by atoms with Gasteiger partial charge < -0.3 is 15.6 Å². The summed E-state index contributed by atoms with van der Waals surface area (Å²) >= 11 is 0. The predicted octanol–water partition coefficient (Wildman–Crippen LogP) is 3.30. The molecule has 1 unspecified atom stereocenters. The van der Waals surface area contributed by atoms with Crippen LogP contribution in [0.25, 0.3) is 0 Å². The molecule has 114 valence electrons. The number of nitrogens with one attached hydrogen (secondary N) is 2. The summed E-state index contributed by atoms with van der Waals surface area (Å²) in [6, 6.07) is 8.08. The van der Waals surface area contributed by atoms with E-state index in [4.69, 9.17) is 5.41 Å². The van der Waals surface area contributed by atoms with E-state index in [1.165, 1.54) is 11.8 Å². The van der Waals surface area contributed by atoms with Crippen LogP contribution in [0, 0.1) is 11.3 Å². The molecule has 2 N–H and O–H groups in total. The number of anilines is 1. The lowest BCUT2D eigenvalue weighted by atomic mass is 9.81. The van der Waals surface area contributed by atoms with Crippen LogP contribution in [0.1, 0.15) is 12.8 Å². The number of hydrogen-bond donors (Lipinski definition) is 2. The first-order valence-corrected chi connectivity index (χ1v) is 7.65. The van der Waals surface area contributed by atoms with Gasteiger partial charge in [0.1, 0.15) is 0 Å². The molecule has 1 saturated carbocycles. The number of para-hydroxylation sites is 2. The Hall–Kier alpha value is -2.36. The smallest absolute Gasteiger partial charge is 0.0923 e. The summed E-state index contributed by atoms with van der Waals surface area (Å²) in [5, 5.41) is 11.1. The van der Waals surface area contributed by atoms with Crippen molar-refractivity contribution in [3.8, 4) is 0 Å². The zero-order chi connectivity index (χ0) is 15.5. The molecule has 1 atom stereocenters. The lowest BCUT2D eigenvalue weighted by Gasteiger charge is -2.32. The molecule has 1 aromatic rings. The van der Waals surface area contributed by atoms with Crippen molar-refractivity contribution < 1.29 is 0 Å². The van der Waals surface area contributed by atoms with Crippen LogP contribution >= 0.6 is 0 Å². The second-order valence-electron chi connectivity index (χ2n) is 6.04. The van der Waals surface area contributed by atoms with Gasteiger partial charge >= 0.3 is 0 Å². The van der Waals surface area contributed by atoms with Gasteiger partial charge in [0.2, 0.25) is 0 Å². The lowest BCUT2D eigenvalue weighted by molar-refractivity contribution is 0.410. The Morgan fingerprint density at radius 2 is 2.23 bits per heavy atom. The third kappa shape index (κ3) is 2.82. The Bertz CT molecular complexity index is 636. The van der Waals surface area contributed by atoms with E-state index < -0.39 is 0 Å². The minimum Gasteiger partial charge on any atom is -0.390 e. The normalized spacial score (nSPS) is 21.3. The van der Waals surface area contributed by atoms with Crippen LogP contribution in [-0.4, -0.2) is 32.1 Å². The number of hydrogen-bond acceptors (Lipinski definition) is 4. The van der Waals surface area contributed by atoms with E-state index in [1.54, 1.807) is 0 Å². The SMILES string of the molecule is C=C1CC(CN/C=C(\C=N)C2C=Nc3ccccc3N2C)C1. The summed E-state index contributed by atoms with van der Waals surface area (Å²) in [6.45, 7) is 4.92. The fourth-order valence-corrected chi connectivity index (χ4v) is 3.04. The van der Waals surface area contributed by atoms with Crippen molar-refractivity contribution in [1.29, 1.82) is 5.41 Å². The van der Waals surface area contributed by atoms with Crippen LogP contribution in [0.3, 0.4) is 0 Å². The van der Waals surface area contributed by atoms with Crippen molar-refractivity contribution in [2.45, 2.75) is 18.9 Å². The van der Waals surface area contributed by atoms with Crippen molar-refractivity contribution in [3.63, 3.8) is 0 Å². The molecular formula is C18H22N4. The fourth-order valence-electron chi connectivity index (χ4n) is 3.04. The maximum absolute atomic E-state index is 7.71. The molecule has 22 heavy (non-hydrogen) atoms. The Morgan fingerprint density at radius 3 is 2.95 bits per heavy atom. The van der Waals surface area contributed by atoms with E-state index in [-0.39, 0.29) is 6.04 Å². The number of fused-ring (bicyclic) bond motifs is 1. The third-order valence-electron chi connectivity index (χ3n) is 4.37. The first kappa shape index (κ1) is 14.6. The van der Waals surface area contributed by atoms with Crippen molar-refractivity contribution >= 4 is 23.8 Å².